The van der Waals surface area contributed by atoms with Gasteiger partial charge in [-0.1, -0.05) is 0 Å². The number of nitrogens with two attached hydrogens (primary N) is 1. The van der Waals surface area contributed by atoms with Crippen molar-refractivity contribution in [2.24, 2.45) is 5.73 Å². The van der Waals surface area contributed by atoms with Gasteiger partial charge in [0, 0.05) is 0 Å². The van der Waals surface area contributed by atoms with E-state index in [2.05, 4.69) is 13.8 Å². The average molecular weight is 257 g/mol. The van der Waals surface area contributed by atoms with Crippen LogP contribution in [-0.2, 0) is 6.51 Å². The summed E-state index contributed by atoms with van der Waals surface area (Å²) < 4.78 is 0.917. The molecule has 10 rings (SSSR count). The normalized spacial score (nSPS) is 130. The summed E-state index contributed by atoms with van der Waals surface area (Å²) in [4.78, 5) is 12.9. The molecule has 1 nitrogen and oxygen atoms in total. The second kappa shape index (κ2) is 0.444. The van der Waals surface area contributed by atoms with Crippen molar-refractivity contribution in [1.29, 1.82) is 0 Å². The molecule has 10 aliphatic rings. The molecule has 1 spiro atoms. The predicted molar refractivity (Wildman–Crippen MR) is 59.3 cm³/mol. The third-order valence-electron chi connectivity index (χ3n) is 16.3. The topological polar surface area (TPSA) is 26.0 Å². The van der Waals surface area contributed by atoms with Crippen molar-refractivity contribution in [2.45, 2.75) is 73.5 Å². The minimum absolute atomic E-state index is 0.280. The molecule has 0 saturated carbocycles. The van der Waals surface area contributed by atoms with Crippen LogP contribution in [0.25, 0.3) is 0 Å². The van der Waals surface area contributed by atoms with Crippen LogP contribution in [0, 0.1) is 0 Å². The Hall–Kier alpha value is 0.479. The number of hydrogen-bond donors (Lipinski definition) is 1. The van der Waals surface area contributed by atoms with E-state index >= 15 is 0 Å². The van der Waals surface area contributed by atoms with Gasteiger partial charge in [-0.3, -0.25) is 0 Å². The van der Waals surface area contributed by atoms with Crippen molar-refractivity contribution in [1.82, 2.24) is 0 Å². The van der Waals surface area contributed by atoms with Gasteiger partial charge in [-0.25, -0.2) is 0 Å². The summed E-state index contributed by atoms with van der Waals surface area (Å²) >= 11 is 0. The molecule has 5 unspecified atom stereocenters. The van der Waals surface area contributed by atoms with E-state index in [1.54, 1.807) is 0 Å². The van der Waals surface area contributed by atoms with Crippen LogP contribution in [-0.4, -0.2) is 5.54 Å². The van der Waals surface area contributed by atoms with Crippen molar-refractivity contribution < 1.29 is 6.51 Å². The van der Waals surface area contributed by atoms with Gasteiger partial charge in [0.25, 0.3) is 0 Å². The van der Waals surface area contributed by atoms with Gasteiger partial charge in [-0.05, 0) is 0 Å². The number of rotatable bonds is 2. The zero-order chi connectivity index (χ0) is 10.2. The van der Waals surface area contributed by atoms with E-state index in [9.17, 15) is 0 Å². The van der Waals surface area contributed by atoms with Gasteiger partial charge in [0.1, 0.15) is 0 Å². The zero-order valence-electron chi connectivity index (χ0n) is 9.83. The van der Waals surface area contributed by atoms with Crippen LogP contribution in [0.3, 0.4) is 0 Å². The summed E-state index contributed by atoms with van der Waals surface area (Å²) in [6.45, 7) is 2.01. The number of fused-ring (bicyclic) bond motifs is 10. The van der Waals surface area contributed by atoms with Crippen molar-refractivity contribution in [3.8, 4) is 0 Å². The van der Waals surface area contributed by atoms with Crippen LogP contribution < -0.4 is 5.73 Å². The van der Waals surface area contributed by atoms with Crippen molar-refractivity contribution in [3.63, 3.8) is 0 Å². The fourth-order valence-electron chi connectivity index (χ4n) is 18.1. The average Bonchev–Trinajstić information content (AvgIpc) is 3.21. The molecular weight excluding hydrogens is 238 g/mol. The quantitative estimate of drug-likeness (QED) is 0.746. The second-order valence-electron chi connectivity index (χ2n) is 11.5. The Morgan fingerprint density at radius 1 is 1.00 bits per heavy atom. The van der Waals surface area contributed by atoms with Crippen LogP contribution in [0.4, 0.5) is 0 Å². The molecule has 10 fully saturated rings. The van der Waals surface area contributed by atoms with Crippen LogP contribution in [0.5, 0.6) is 0 Å². The van der Waals surface area contributed by atoms with Gasteiger partial charge in [-0.2, -0.15) is 0 Å². The van der Waals surface area contributed by atoms with E-state index in [4.69, 9.17) is 5.73 Å². The van der Waals surface area contributed by atoms with Crippen LogP contribution >= 0.6 is 0 Å². The van der Waals surface area contributed by atoms with Gasteiger partial charge >= 0.3 is 85.7 Å². The molecule has 0 radical (unpaired) electrons. The maximum absolute atomic E-state index is 6.93. The molecule has 5 atom stereocenters. The summed E-state index contributed by atoms with van der Waals surface area (Å²) in [6.07, 6.45) is 1.27. The standard InChI is InChI=1S/C9H14N.C5H5.Fe/c1-3-9(2,10)8-6-4-5-7-8;1-2-4-5-3-1;/h4-7H,3,10H2,1-2H3;1-5H;. The Balaban J connectivity index is 1.72. The van der Waals surface area contributed by atoms with Gasteiger partial charge in [0.15, 0.2) is 0 Å². The fourth-order valence-corrected chi connectivity index (χ4v) is 94.3. The first kappa shape index (κ1) is 6.08. The molecule has 0 bridgehead atoms. The monoisotopic (exact) mass is 257 g/mol. The molecule has 0 aromatic rings. The van der Waals surface area contributed by atoms with E-state index in [1.807, 2.05) is 0 Å². The maximum atomic E-state index is 6.93. The van der Waals surface area contributed by atoms with Gasteiger partial charge in [-0.15, -0.1) is 0 Å². The Morgan fingerprint density at radius 3 is 1.62 bits per heavy atom. The number of hydrogen-bond acceptors (Lipinski definition) is 1. The summed E-state index contributed by atoms with van der Waals surface area (Å²) in [5, 5.41) is 0. The molecule has 0 aliphatic carbocycles. The van der Waals surface area contributed by atoms with Crippen molar-refractivity contribution in [3.05, 3.63) is 0 Å². The fraction of sp³-hybridized carbons (Fsp3) is 1.00. The van der Waals surface area contributed by atoms with E-state index in [0.717, 1.165) is 4.31 Å². The van der Waals surface area contributed by atoms with E-state index < -0.39 is 6.51 Å². The van der Waals surface area contributed by atoms with Crippen molar-refractivity contribution >= 4 is 0 Å². The first-order valence-corrected chi connectivity index (χ1v) is 13.6. The van der Waals surface area contributed by atoms with E-state index in [1.165, 1.54) is 49.8 Å². The molecule has 10 saturated heterocycles. The summed E-state index contributed by atoms with van der Waals surface area (Å²) in [5.41, 5.74) is 7.21. The Kier molecular flexibility index (Phi) is 0.169. The molecule has 2 N–H and O–H groups in total. The Bertz CT molecular complexity index is 860. The van der Waals surface area contributed by atoms with Crippen LogP contribution in [0.2, 0.25) is 47.7 Å². The van der Waals surface area contributed by atoms with Gasteiger partial charge in [0.05, 0.1) is 0 Å². The summed E-state index contributed by atoms with van der Waals surface area (Å²) in [7, 11) is 0. The summed E-state index contributed by atoms with van der Waals surface area (Å²) in [6, 6.07) is 0. The molecule has 2 heteroatoms. The van der Waals surface area contributed by atoms with Crippen molar-refractivity contribution in [2.75, 3.05) is 0 Å². The zero-order valence-corrected chi connectivity index (χ0v) is 10.9. The minimum atomic E-state index is -2.85. The molecule has 10 heterocycles. The molecule has 10 aliphatic heterocycles. The predicted octanol–water partition coefficient (Wildman–Crippen LogP) is 3.87. The SMILES string of the molecule is CCC(C)(N)[C]12[CH]3[CH]4[CH]5[CH]1[Fe]45321678[CH]2[CH]1[CH]6[CH]7[CH]28. The molecule has 0 aromatic carbocycles. The molecule has 16 heavy (non-hydrogen) atoms. The van der Waals surface area contributed by atoms with E-state index in [0.29, 0.717) is 0 Å². The van der Waals surface area contributed by atoms with Gasteiger partial charge < -0.3 is 0 Å². The molecule has 0 aromatic heterocycles. The molecule has 0 amide bonds. The van der Waals surface area contributed by atoms with Gasteiger partial charge in [0.2, 0.25) is 0 Å². The third-order valence-corrected chi connectivity index (χ3v) is 59.0. The second-order valence-corrected chi connectivity index (χ2v) is 35.0. The van der Waals surface area contributed by atoms with Crippen LogP contribution in [0.1, 0.15) is 20.3 Å². The molecule has 88 valence electrons. The Morgan fingerprint density at radius 2 is 1.44 bits per heavy atom. The van der Waals surface area contributed by atoms with E-state index in [-0.39, 0.29) is 5.54 Å². The summed E-state index contributed by atoms with van der Waals surface area (Å²) in [5.74, 6) is 0. The van der Waals surface area contributed by atoms with Crippen LogP contribution in [0.15, 0.2) is 0 Å². The first-order valence-electron chi connectivity index (χ1n) is 7.36. The first-order chi connectivity index (χ1) is 7.36. The molecular formula is C14H19FeN. The third kappa shape index (κ3) is 0.0517. The Labute approximate surface area is 85.8 Å².